The first-order valence-corrected chi connectivity index (χ1v) is 9.99. The zero-order valence-corrected chi connectivity index (χ0v) is 17.6. The third-order valence-electron chi connectivity index (χ3n) is 4.74. The Balaban J connectivity index is 2.03. The van der Waals surface area contributed by atoms with Crippen LogP contribution in [-0.4, -0.2) is 16.1 Å². The summed E-state index contributed by atoms with van der Waals surface area (Å²) in [5.41, 5.74) is 5.15. The number of nitrogens with zero attached hydrogens (tertiary/aromatic N) is 1. The molecule has 0 saturated heterocycles. The summed E-state index contributed by atoms with van der Waals surface area (Å²) in [5.74, 6) is -0.289. The molecule has 29 heavy (non-hydrogen) atoms. The molecule has 1 heterocycles. The SMILES string of the molecule is CCCc1nc(COc2cc(C)ccc2C)c(C(=O)O)cc1-c1cccc(Cl)c1. The smallest absolute Gasteiger partial charge is 0.337 e. The number of ether oxygens (including phenoxy) is 1. The van der Waals surface area contributed by atoms with Gasteiger partial charge in [-0.15, -0.1) is 0 Å². The van der Waals surface area contributed by atoms with Gasteiger partial charge in [0.05, 0.1) is 11.3 Å². The van der Waals surface area contributed by atoms with Gasteiger partial charge in [0, 0.05) is 16.3 Å². The summed E-state index contributed by atoms with van der Waals surface area (Å²) in [4.78, 5) is 16.7. The zero-order chi connectivity index (χ0) is 21.0. The van der Waals surface area contributed by atoms with Crippen LogP contribution in [0.15, 0.2) is 48.5 Å². The zero-order valence-electron chi connectivity index (χ0n) is 16.8. The van der Waals surface area contributed by atoms with Gasteiger partial charge in [0.15, 0.2) is 0 Å². The van der Waals surface area contributed by atoms with E-state index in [2.05, 4.69) is 6.92 Å². The summed E-state index contributed by atoms with van der Waals surface area (Å²) >= 11 is 6.15. The first-order chi connectivity index (χ1) is 13.9. The summed E-state index contributed by atoms with van der Waals surface area (Å²) < 4.78 is 5.95. The fourth-order valence-electron chi connectivity index (χ4n) is 3.23. The van der Waals surface area contributed by atoms with Crippen LogP contribution in [0, 0.1) is 13.8 Å². The van der Waals surface area contributed by atoms with Crippen LogP contribution in [0.1, 0.15) is 46.2 Å². The van der Waals surface area contributed by atoms with Crippen molar-refractivity contribution >= 4 is 17.6 Å². The summed E-state index contributed by atoms with van der Waals surface area (Å²) in [6.45, 7) is 6.12. The van der Waals surface area contributed by atoms with Gasteiger partial charge in [-0.05, 0) is 61.2 Å². The molecule has 2 aromatic carbocycles. The van der Waals surface area contributed by atoms with Crippen molar-refractivity contribution < 1.29 is 14.6 Å². The van der Waals surface area contributed by atoms with Gasteiger partial charge in [0.2, 0.25) is 0 Å². The molecule has 1 aromatic heterocycles. The van der Waals surface area contributed by atoms with E-state index in [0.717, 1.165) is 46.5 Å². The quantitative estimate of drug-likeness (QED) is 0.501. The summed E-state index contributed by atoms with van der Waals surface area (Å²) in [6, 6.07) is 15.0. The lowest BCUT2D eigenvalue weighted by atomic mass is 9.98. The monoisotopic (exact) mass is 409 g/mol. The number of carboxylic acids is 1. The van der Waals surface area contributed by atoms with Gasteiger partial charge in [-0.3, -0.25) is 4.98 Å². The van der Waals surface area contributed by atoms with Crippen LogP contribution in [0.2, 0.25) is 5.02 Å². The van der Waals surface area contributed by atoms with Crippen molar-refractivity contribution in [1.29, 1.82) is 0 Å². The number of pyridine rings is 1. The molecule has 0 saturated carbocycles. The van der Waals surface area contributed by atoms with Gasteiger partial charge in [-0.1, -0.05) is 49.2 Å². The van der Waals surface area contributed by atoms with Gasteiger partial charge >= 0.3 is 5.97 Å². The molecule has 0 atom stereocenters. The Hall–Kier alpha value is -2.85. The van der Waals surface area contributed by atoms with Crippen molar-refractivity contribution in [3.63, 3.8) is 0 Å². The molecule has 0 aliphatic rings. The van der Waals surface area contributed by atoms with Crippen molar-refractivity contribution in [3.8, 4) is 16.9 Å². The number of hydrogen-bond donors (Lipinski definition) is 1. The molecule has 4 nitrogen and oxygen atoms in total. The van der Waals surface area contributed by atoms with E-state index >= 15 is 0 Å². The fraction of sp³-hybridized carbons (Fsp3) is 0.250. The van der Waals surface area contributed by atoms with Gasteiger partial charge in [0.25, 0.3) is 0 Å². The Morgan fingerprint density at radius 1 is 1.10 bits per heavy atom. The summed E-state index contributed by atoms with van der Waals surface area (Å²) in [5, 5.41) is 10.4. The third kappa shape index (κ3) is 4.96. The minimum Gasteiger partial charge on any atom is -0.487 e. The van der Waals surface area contributed by atoms with E-state index in [1.54, 1.807) is 12.1 Å². The number of benzene rings is 2. The molecule has 3 rings (SSSR count). The number of carboxylic acid groups (broad SMARTS) is 1. The highest BCUT2D eigenvalue weighted by molar-refractivity contribution is 6.30. The van der Waals surface area contributed by atoms with Gasteiger partial charge in [0.1, 0.15) is 12.4 Å². The lowest BCUT2D eigenvalue weighted by Gasteiger charge is -2.15. The standard InChI is InChI=1S/C24H24ClNO3/c1-4-6-21-19(17-7-5-8-18(25)12-17)13-20(24(27)28)22(26-21)14-29-23-11-15(2)9-10-16(23)3/h5,7-13H,4,6,14H2,1-3H3,(H,27,28). The van der Waals surface area contributed by atoms with E-state index in [0.29, 0.717) is 10.7 Å². The Morgan fingerprint density at radius 2 is 1.90 bits per heavy atom. The Morgan fingerprint density at radius 3 is 2.59 bits per heavy atom. The molecule has 1 N–H and O–H groups in total. The normalized spacial score (nSPS) is 10.8. The third-order valence-corrected chi connectivity index (χ3v) is 4.98. The second-order valence-electron chi connectivity index (χ2n) is 7.10. The lowest BCUT2D eigenvalue weighted by molar-refractivity contribution is 0.0693. The first kappa shape index (κ1) is 20.9. The number of carbonyl (C=O) groups is 1. The molecule has 0 aliphatic carbocycles. The van der Waals surface area contributed by atoms with Crippen LogP contribution in [0.3, 0.4) is 0 Å². The van der Waals surface area contributed by atoms with E-state index in [-0.39, 0.29) is 12.2 Å². The predicted molar refractivity (Wildman–Crippen MR) is 116 cm³/mol. The maximum Gasteiger partial charge on any atom is 0.337 e. The van der Waals surface area contributed by atoms with E-state index in [9.17, 15) is 9.90 Å². The first-order valence-electron chi connectivity index (χ1n) is 9.61. The second kappa shape index (κ2) is 9.10. The molecular formula is C24H24ClNO3. The maximum atomic E-state index is 12.0. The minimum atomic E-state index is -1.02. The van der Waals surface area contributed by atoms with E-state index in [1.165, 1.54) is 0 Å². The highest BCUT2D eigenvalue weighted by atomic mass is 35.5. The molecule has 0 fully saturated rings. The van der Waals surface area contributed by atoms with Crippen LogP contribution < -0.4 is 4.74 Å². The average Bonchev–Trinajstić information content (AvgIpc) is 2.68. The van der Waals surface area contributed by atoms with E-state index in [1.807, 2.05) is 50.2 Å². The average molecular weight is 410 g/mol. The van der Waals surface area contributed by atoms with Crippen molar-refractivity contribution in [3.05, 3.63) is 81.6 Å². The van der Waals surface area contributed by atoms with Crippen LogP contribution in [0.4, 0.5) is 0 Å². The van der Waals surface area contributed by atoms with Crippen molar-refractivity contribution in [1.82, 2.24) is 4.98 Å². The highest BCUT2D eigenvalue weighted by Gasteiger charge is 2.18. The summed E-state index contributed by atoms with van der Waals surface area (Å²) in [7, 11) is 0. The molecule has 0 unspecified atom stereocenters. The van der Waals surface area contributed by atoms with Crippen LogP contribution in [0.25, 0.3) is 11.1 Å². The number of rotatable bonds is 7. The Labute approximate surface area is 176 Å². The molecular weight excluding hydrogens is 386 g/mol. The molecule has 5 heteroatoms. The highest BCUT2D eigenvalue weighted by Crippen LogP contribution is 2.29. The predicted octanol–water partition coefficient (Wildman–Crippen LogP) is 6.25. The molecule has 0 amide bonds. The second-order valence-corrected chi connectivity index (χ2v) is 7.54. The largest absolute Gasteiger partial charge is 0.487 e. The van der Waals surface area contributed by atoms with Gasteiger partial charge in [-0.25, -0.2) is 4.79 Å². The molecule has 150 valence electrons. The number of halogens is 1. The molecule has 0 spiro atoms. The molecule has 3 aromatic rings. The molecule has 0 radical (unpaired) electrons. The fourth-order valence-corrected chi connectivity index (χ4v) is 3.42. The van der Waals surface area contributed by atoms with Crippen LogP contribution >= 0.6 is 11.6 Å². The van der Waals surface area contributed by atoms with Crippen molar-refractivity contribution in [2.45, 2.75) is 40.2 Å². The number of aromatic carboxylic acids is 1. The van der Waals surface area contributed by atoms with E-state index in [4.69, 9.17) is 21.3 Å². The number of hydrogen-bond acceptors (Lipinski definition) is 3. The van der Waals surface area contributed by atoms with Gasteiger partial charge in [-0.2, -0.15) is 0 Å². The summed E-state index contributed by atoms with van der Waals surface area (Å²) in [6.07, 6.45) is 1.63. The topological polar surface area (TPSA) is 59.4 Å². The molecule has 0 aliphatic heterocycles. The maximum absolute atomic E-state index is 12.0. The Kier molecular flexibility index (Phi) is 6.55. The molecule has 0 bridgehead atoms. The van der Waals surface area contributed by atoms with Crippen LogP contribution in [-0.2, 0) is 13.0 Å². The van der Waals surface area contributed by atoms with Crippen LogP contribution in [0.5, 0.6) is 5.75 Å². The number of aryl methyl sites for hydroxylation is 3. The van der Waals surface area contributed by atoms with E-state index < -0.39 is 5.97 Å². The Bertz CT molecular complexity index is 1050. The lowest BCUT2D eigenvalue weighted by Crippen LogP contribution is -2.11. The van der Waals surface area contributed by atoms with Crippen molar-refractivity contribution in [2.75, 3.05) is 0 Å². The minimum absolute atomic E-state index is 0.0957. The number of aromatic nitrogens is 1. The van der Waals surface area contributed by atoms with Crippen molar-refractivity contribution in [2.24, 2.45) is 0 Å². The van der Waals surface area contributed by atoms with Gasteiger partial charge < -0.3 is 9.84 Å².